The van der Waals surface area contributed by atoms with Crippen molar-refractivity contribution in [2.45, 2.75) is 19.4 Å². The van der Waals surface area contributed by atoms with Crippen molar-refractivity contribution in [2.75, 3.05) is 7.11 Å². The molecule has 0 unspecified atom stereocenters. The molecular weight excluding hydrogens is 246 g/mol. The highest BCUT2D eigenvalue weighted by Gasteiger charge is 2.24. The molecule has 0 saturated heterocycles. The number of nitrogens with one attached hydrogen (secondary N) is 1. The second kappa shape index (κ2) is 7.11. The highest BCUT2D eigenvalue weighted by atomic mass is 16.5. The third kappa shape index (κ3) is 4.39. The van der Waals surface area contributed by atoms with Gasteiger partial charge < -0.3 is 10.1 Å². The van der Waals surface area contributed by atoms with Crippen LogP contribution in [0.5, 0.6) is 0 Å². The van der Waals surface area contributed by atoms with Gasteiger partial charge in [0.2, 0.25) is 0 Å². The molecule has 0 aliphatic rings. The van der Waals surface area contributed by atoms with Crippen molar-refractivity contribution in [2.24, 2.45) is 5.92 Å². The first-order valence-electron chi connectivity index (χ1n) is 5.77. The number of methoxy groups -OCH3 is 1. The summed E-state index contributed by atoms with van der Waals surface area (Å²) < 4.78 is 4.61. The number of aromatic nitrogens is 1. The van der Waals surface area contributed by atoms with Gasteiger partial charge in [0, 0.05) is 12.1 Å². The van der Waals surface area contributed by atoms with Crippen LogP contribution in [0.4, 0.5) is 0 Å². The van der Waals surface area contributed by atoms with Gasteiger partial charge in [-0.3, -0.25) is 9.78 Å². The number of hydrogen-bond donors (Lipinski definition) is 1. The first-order valence-corrected chi connectivity index (χ1v) is 5.77. The molecule has 2 atom stereocenters. The zero-order valence-electron chi connectivity index (χ0n) is 10.8. The minimum Gasteiger partial charge on any atom is -0.467 e. The lowest BCUT2D eigenvalue weighted by Crippen LogP contribution is -2.42. The maximum absolute atomic E-state index is 11.9. The molecule has 1 amide bonds. The zero-order chi connectivity index (χ0) is 14.3. The Bertz CT molecular complexity index is 482. The van der Waals surface area contributed by atoms with Crippen molar-refractivity contribution in [1.82, 2.24) is 10.3 Å². The Kier molecular flexibility index (Phi) is 5.48. The molecule has 6 nitrogen and oxygen atoms in total. The van der Waals surface area contributed by atoms with E-state index in [1.54, 1.807) is 19.1 Å². The number of esters is 1. The molecule has 0 spiro atoms. The summed E-state index contributed by atoms with van der Waals surface area (Å²) in [5.74, 6) is -1.42. The quantitative estimate of drug-likeness (QED) is 0.795. The van der Waals surface area contributed by atoms with Crippen molar-refractivity contribution in [3.63, 3.8) is 0 Å². The first kappa shape index (κ1) is 14.6. The summed E-state index contributed by atoms with van der Waals surface area (Å²) >= 11 is 0. The Morgan fingerprint density at radius 2 is 2.26 bits per heavy atom. The zero-order valence-corrected chi connectivity index (χ0v) is 10.8. The maximum atomic E-state index is 11.9. The molecule has 1 aromatic heterocycles. The molecular formula is C13H15N3O3. The molecule has 19 heavy (non-hydrogen) atoms. The number of nitrogens with zero attached hydrogens (tertiary/aromatic N) is 2. The van der Waals surface area contributed by atoms with Gasteiger partial charge >= 0.3 is 5.97 Å². The van der Waals surface area contributed by atoms with Gasteiger partial charge in [-0.05, 0) is 25.5 Å². The van der Waals surface area contributed by atoms with E-state index in [0.717, 1.165) is 0 Å². The number of carbonyl (C=O) groups is 2. The molecule has 0 aliphatic heterocycles. The summed E-state index contributed by atoms with van der Waals surface area (Å²) in [5.41, 5.74) is 0.209. The first-order chi connectivity index (χ1) is 9.08. The number of nitriles is 1. The summed E-state index contributed by atoms with van der Waals surface area (Å²) in [7, 11) is 1.24. The van der Waals surface area contributed by atoms with E-state index >= 15 is 0 Å². The lowest BCUT2D eigenvalue weighted by Gasteiger charge is -2.17. The second-order valence-electron chi connectivity index (χ2n) is 4.03. The summed E-state index contributed by atoms with van der Waals surface area (Å²) in [6.45, 7) is 1.67. The number of pyridine rings is 1. The number of rotatable bonds is 5. The van der Waals surface area contributed by atoms with Crippen LogP contribution in [0.1, 0.15) is 23.8 Å². The van der Waals surface area contributed by atoms with Gasteiger partial charge in [-0.1, -0.05) is 6.07 Å². The van der Waals surface area contributed by atoms with Crippen LogP contribution in [0.15, 0.2) is 24.4 Å². The molecule has 0 fully saturated rings. The Morgan fingerprint density at radius 3 is 2.79 bits per heavy atom. The number of amides is 1. The molecule has 1 N–H and O–H groups in total. The predicted molar refractivity (Wildman–Crippen MR) is 66.9 cm³/mol. The number of carbonyl (C=O) groups excluding carboxylic acids is 2. The van der Waals surface area contributed by atoms with Crippen molar-refractivity contribution >= 4 is 11.9 Å². The minimum atomic E-state index is -0.853. The van der Waals surface area contributed by atoms with Crippen molar-refractivity contribution in [3.05, 3.63) is 30.1 Å². The van der Waals surface area contributed by atoms with Gasteiger partial charge in [-0.15, -0.1) is 0 Å². The van der Waals surface area contributed by atoms with Crippen LogP contribution in [0.25, 0.3) is 0 Å². The van der Waals surface area contributed by atoms with Crippen LogP contribution in [-0.2, 0) is 9.53 Å². The van der Waals surface area contributed by atoms with E-state index in [1.807, 2.05) is 6.07 Å². The number of ether oxygens (including phenoxy) is 1. The van der Waals surface area contributed by atoms with Gasteiger partial charge in [0.05, 0.1) is 13.2 Å². The SMILES string of the molecule is COC(=O)[C@H](C[C@H](C)C#N)NC(=O)c1ccccn1. The molecule has 100 valence electrons. The average molecular weight is 261 g/mol. The van der Waals surface area contributed by atoms with E-state index in [1.165, 1.54) is 19.4 Å². The Hall–Kier alpha value is -2.42. The lowest BCUT2D eigenvalue weighted by atomic mass is 10.0. The third-order valence-corrected chi connectivity index (χ3v) is 2.50. The molecule has 1 aromatic rings. The maximum Gasteiger partial charge on any atom is 0.328 e. The summed E-state index contributed by atoms with van der Waals surface area (Å²) in [6.07, 6.45) is 1.68. The van der Waals surface area contributed by atoms with Crippen molar-refractivity contribution in [1.29, 1.82) is 5.26 Å². The summed E-state index contributed by atoms with van der Waals surface area (Å²) in [5, 5.41) is 11.3. The smallest absolute Gasteiger partial charge is 0.328 e. The average Bonchev–Trinajstić information content (AvgIpc) is 2.46. The van der Waals surface area contributed by atoms with E-state index in [0.29, 0.717) is 0 Å². The molecule has 0 aliphatic carbocycles. The van der Waals surface area contributed by atoms with E-state index in [2.05, 4.69) is 15.0 Å². The van der Waals surface area contributed by atoms with Crippen LogP contribution in [-0.4, -0.2) is 30.0 Å². The van der Waals surface area contributed by atoms with Crippen LogP contribution in [0, 0.1) is 17.2 Å². The van der Waals surface area contributed by atoms with Crippen LogP contribution >= 0.6 is 0 Å². The van der Waals surface area contributed by atoms with E-state index < -0.39 is 17.9 Å². The van der Waals surface area contributed by atoms with Crippen LogP contribution in [0.2, 0.25) is 0 Å². The topological polar surface area (TPSA) is 92.1 Å². The van der Waals surface area contributed by atoms with Gasteiger partial charge in [-0.25, -0.2) is 4.79 Å². The van der Waals surface area contributed by atoms with Crippen molar-refractivity contribution < 1.29 is 14.3 Å². The molecule has 1 heterocycles. The Labute approximate surface area is 111 Å². The summed E-state index contributed by atoms with van der Waals surface area (Å²) in [4.78, 5) is 27.3. The standard InChI is InChI=1S/C13H15N3O3/c1-9(8-14)7-11(13(18)19-2)16-12(17)10-5-3-4-6-15-10/h3-6,9,11H,7H2,1-2H3,(H,16,17)/t9-,11-/m0/s1. The third-order valence-electron chi connectivity index (χ3n) is 2.50. The molecule has 0 radical (unpaired) electrons. The fourth-order valence-corrected chi connectivity index (χ4v) is 1.49. The molecule has 0 saturated carbocycles. The summed E-state index contributed by atoms with van der Waals surface area (Å²) in [6, 6.07) is 6.06. The van der Waals surface area contributed by atoms with Gasteiger partial charge in [0.15, 0.2) is 0 Å². The molecule has 1 rings (SSSR count). The molecule has 0 bridgehead atoms. The Morgan fingerprint density at radius 1 is 1.53 bits per heavy atom. The predicted octanol–water partition coefficient (Wildman–Crippen LogP) is 0.903. The van der Waals surface area contributed by atoms with E-state index in [-0.39, 0.29) is 18.0 Å². The van der Waals surface area contributed by atoms with Crippen molar-refractivity contribution in [3.8, 4) is 6.07 Å². The van der Waals surface area contributed by atoms with E-state index in [4.69, 9.17) is 5.26 Å². The monoisotopic (exact) mass is 261 g/mol. The fraction of sp³-hybridized carbons (Fsp3) is 0.385. The normalized spacial score (nSPS) is 12.9. The van der Waals surface area contributed by atoms with Gasteiger partial charge in [0.25, 0.3) is 5.91 Å². The highest BCUT2D eigenvalue weighted by Crippen LogP contribution is 2.07. The fourth-order valence-electron chi connectivity index (χ4n) is 1.49. The van der Waals surface area contributed by atoms with Gasteiger partial charge in [-0.2, -0.15) is 5.26 Å². The second-order valence-corrected chi connectivity index (χ2v) is 4.03. The van der Waals surface area contributed by atoms with Gasteiger partial charge in [0.1, 0.15) is 11.7 Å². The minimum absolute atomic E-state index is 0.196. The highest BCUT2D eigenvalue weighted by molar-refractivity contribution is 5.95. The Balaban J connectivity index is 2.75. The number of hydrogen-bond acceptors (Lipinski definition) is 5. The van der Waals surface area contributed by atoms with E-state index in [9.17, 15) is 9.59 Å². The van der Waals surface area contributed by atoms with Crippen LogP contribution in [0.3, 0.4) is 0 Å². The largest absolute Gasteiger partial charge is 0.467 e. The lowest BCUT2D eigenvalue weighted by molar-refractivity contribution is -0.143. The molecule has 6 heteroatoms. The molecule has 0 aromatic carbocycles. The van der Waals surface area contributed by atoms with Crippen LogP contribution < -0.4 is 5.32 Å².